The summed E-state index contributed by atoms with van der Waals surface area (Å²) in [6.45, 7) is 4.17. The van der Waals surface area contributed by atoms with E-state index in [1.165, 1.54) is 0 Å². The molecular weight excluding hydrogens is 112 g/mol. The van der Waals surface area contributed by atoms with E-state index in [4.69, 9.17) is 5.53 Å². The van der Waals surface area contributed by atoms with Crippen molar-refractivity contribution in [1.82, 2.24) is 0 Å². The van der Waals surface area contributed by atoms with Gasteiger partial charge in [-0.05, 0) is 12.8 Å². The van der Waals surface area contributed by atoms with E-state index in [0.29, 0.717) is 0 Å². The SMILES string of the molecule is CCCC(CCC)=[N+]=[N-]. The van der Waals surface area contributed by atoms with Gasteiger partial charge in [0.15, 0.2) is 0 Å². The molecule has 0 aromatic carbocycles. The van der Waals surface area contributed by atoms with Gasteiger partial charge in [-0.1, -0.05) is 13.8 Å². The lowest BCUT2D eigenvalue weighted by molar-refractivity contribution is -0.0114. The normalized spacial score (nSPS) is 8.67. The lowest BCUT2D eigenvalue weighted by atomic mass is 10.1. The van der Waals surface area contributed by atoms with Crippen LogP contribution in [0.15, 0.2) is 0 Å². The fourth-order valence-electron chi connectivity index (χ4n) is 0.802. The van der Waals surface area contributed by atoms with Crippen molar-refractivity contribution in [3.05, 3.63) is 5.53 Å². The Morgan fingerprint density at radius 1 is 1.22 bits per heavy atom. The van der Waals surface area contributed by atoms with Crippen molar-refractivity contribution in [3.8, 4) is 0 Å². The molecular formula is C7H14N2. The minimum atomic E-state index is 0.931. The zero-order valence-electron chi connectivity index (χ0n) is 6.22. The summed E-state index contributed by atoms with van der Waals surface area (Å²) in [6.07, 6.45) is 4.01. The van der Waals surface area contributed by atoms with Crippen LogP contribution in [0.3, 0.4) is 0 Å². The highest BCUT2D eigenvalue weighted by Crippen LogP contribution is 1.96. The first-order valence-electron chi connectivity index (χ1n) is 3.54. The summed E-state index contributed by atoms with van der Waals surface area (Å²) in [5, 5.41) is 0. The molecule has 0 amide bonds. The lowest BCUT2D eigenvalue weighted by Crippen LogP contribution is -1.97. The van der Waals surface area contributed by atoms with Crippen molar-refractivity contribution in [2.75, 3.05) is 0 Å². The molecule has 0 aliphatic rings. The van der Waals surface area contributed by atoms with Gasteiger partial charge in [0, 0.05) is 12.8 Å². The average Bonchev–Trinajstić information content (AvgIpc) is 1.88. The Morgan fingerprint density at radius 3 is 1.89 bits per heavy atom. The zero-order chi connectivity index (χ0) is 7.11. The molecule has 0 aliphatic carbocycles. The number of hydrogen-bond acceptors (Lipinski definition) is 0. The molecule has 0 N–H and O–H groups in total. The maximum absolute atomic E-state index is 8.38. The van der Waals surface area contributed by atoms with E-state index in [1.54, 1.807) is 0 Å². The van der Waals surface area contributed by atoms with Crippen molar-refractivity contribution in [2.24, 2.45) is 0 Å². The summed E-state index contributed by atoms with van der Waals surface area (Å²) in [6, 6.07) is 0. The van der Waals surface area contributed by atoms with Crippen LogP contribution in [-0.4, -0.2) is 10.5 Å². The Kier molecular flexibility index (Phi) is 5.14. The summed E-state index contributed by atoms with van der Waals surface area (Å²) in [4.78, 5) is 3.18. The molecule has 0 spiro atoms. The second-order valence-corrected chi connectivity index (χ2v) is 2.17. The van der Waals surface area contributed by atoms with Crippen LogP contribution in [0.2, 0.25) is 0 Å². The van der Waals surface area contributed by atoms with E-state index < -0.39 is 0 Å². The molecule has 52 valence electrons. The van der Waals surface area contributed by atoms with E-state index in [-0.39, 0.29) is 0 Å². The second kappa shape index (κ2) is 5.52. The highest BCUT2D eigenvalue weighted by Gasteiger charge is 2.02. The summed E-state index contributed by atoms with van der Waals surface area (Å²) in [5.74, 6) is 0. The molecule has 2 heteroatoms. The lowest BCUT2D eigenvalue weighted by Gasteiger charge is -1.87. The van der Waals surface area contributed by atoms with Gasteiger partial charge in [0.25, 0.3) is 5.71 Å². The van der Waals surface area contributed by atoms with Gasteiger partial charge >= 0.3 is 0 Å². The maximum Gasteiger partial charge on any atom is 0.268 e. The molecule has 0 saturated heterocycles. The first kappa shape index (κ1) is 8.38. The van der Waals surface area contributed by atoms with Gasteiger partial charge in [0.05, 0.1) is 0 Å². The molecule has 0 bridgehead atoms. The van der Waals surface area contributed by atoms with Crippen LogP contribution in [0.5, 0.6) is 0 Å². The third kappa shape index (κ3) is 3.92. The zero-order valence-corrected chi connectivity index (χ0v) is 6.22. The Balaban J connectivity index is 3.57. The largest absolute Gasteiger partial charge is 0.362 e. The summed E-state index contributed by atoms with van der Waals surface area (Å²) in [7, 11) is 0. The van der Waals surface area contributed by atoms with Gasteiger partial charge in [0.2, 0.25) is 0 Å². The topological polar surface area (TPSA) is 36.4 Å². The van der Waals surface area contributed by atoms with Crippen molar-refractivity contribution in [2.45, 2.75) is 39.5 Å². The van der Waals surface area contributed by atoms with Gasteiger partial charge in [-0.2, -0.15) is 4.79 Å². The van der Waals surface area contributed by atoms with Crippen LogP contribution in [0.25, 0.3) is 5.53 Å². The maximum atomic E-state index is 8.38. The standard InChI is InChI=1S/C7H14N2/c1-3-5-7(9-8)6-4-2/h3-6H2,1-2H3. The fraction of sp³-hybridized carbons (Fsp3) is 0.857. The smallest absolute Gasteiger partial charge is 0.268 e. The van der Waals surface area contributed by atoms with E-state index in [0.717, 1.165) is 31.4 Å². The molecule has 0 aliphatic heterocycles. The molecule has 0 unspecified atom stereocenters. The Morgan fingerprint density at radius 2 is 1.67 bits per heavy atom. The summed E-state index contributed by atoms with van der Waals surface area (Å²) < 4.78 is 0. The van der Waals surface area contributed by atoms with Crippen LogP contribution in [0.4, 0.5) is 0 Å². The third-order valence-electron chi connectivity index (χ3n) is 1.22. The Hall–Kier alpha value is -0.620. The van der Waals surface area contributed by atoms with Crippen molar-refractivity contribution in [3.63, 3.8) is 0 Å². The number of nitrogens with zero attached hydrogens (tertiary/aromatic N) is 2. The van der Waals surface area contributed by atoms with Gasteiger partial charge in [-0.3, -0.25) is 0 Å². The van der Waals surface area contributed by atoms with Crippen LogP contribution in [0.1, 0.15) is 39.5 Å². The van der Waals surface area contributed by atoms with Gasteiger partial charge in [0.1, 0.15) is 0 Å². The minimum absolute atomic E-state index is 0.931. The van der Waals surface area contributed by atoms with Crippen LogP contribution >= 0.6 is 0 Å². The van der Waals surface area contributed by atoms with Crippen LogP contribution in [-0.2, 0) is 0 Å². The first-order valence-corrected chi connectivity index (χ1v) is 3.54. The van der Waals surface area contributed by atoms with E-state index >= 15 is 0 Å². The first-order chi connectivity index (χ1) is 4.35. The summed E-state index contributed by atoms with van der Waals surface area (Å²) >= 11 is 0. The highest BCUT2D eigenvalue weighted by atomic mass is 14.9. The van der Waals surface area contributed by atoms with Gasteiger partial charge in [-0.15, -0.1) is 0 Å². The predicted molar refractivity (Wildman–Crippen MR) is 38.4 cm³/mol. The Labute approximate surface area is 56.5 Å². The van der Waals surface area contributed by atoms with Gasteiger partial charge in [-0.25, -0.2) is 0 Å². The second-order valence-electron chi connectivity index (χ2n) is 2.17. The number of hydrogen-bond donors (Lipinski definition) is 0. The molecule has 0 fully saturated rings. The molecule has 0 radical (unpaired) electrons. The molecule has 0 saturated carbocycles. The molecule has 0 heterocycles. The van der Waals surface area contributed by atoms with E-state index in [2.05, 4.69) is 18.6 Å². The predicted octanol–water partition coefficient (Wildman–Crippen LogP) is 2.26. The quantitative estimate of drug-likeness (QED) is 0.315. The van der Waals surface area contributed by atoms with Gasteiger partial charge < -0.3 is 5.53 Å². The molecule has 0 atom stereocenters. The van der Waals surface area contributed by atoms with Crippen LogP contribution in [0, 0.1) is 0 Å². The monoisotopic (exact) mass is 126 g/mol. The van der Waals surface area contributed by atoms with Crippen molar-refractivity contribution in [1.29, 1.82) is 0 Å². The third-order valence-corrected chi connectivity index (χ3v) is 1.22. The van der Waals surface area contributed by atoms with E-state index in [9.17, 15) is 0 Å². The van der Waals surface area contributed by atoms with Crippen LogP contribution < -0.4 is 0 Å². The number of rotatable bonds is 4. The molecule has 2 nitrogen and oxygen atoms in total. The molecule has 0 rings (SSSR count). The Bertz CT molecular complexity index is 104. The molecule has 0 aromatic heterocycles. The average molecular weight is 126 g/mol. The van der Waals surface area contributed by atoms with Crippen molar-refractivity contribution >= 4 is 5.71 Å². The van der Waals surface area contributed by atoms with Crippen molar-refractivity contribution < 1.29 is 4.79 Å². The van der Waals surface area contributed by atoms with E-state index in [1.807, 2.05) is 0 Å². The molecule has 9 heavy (non-hydrogen) atoms. The fourth-order valence-corrected chi connectivity index (χ4v) is 0.802. The molecule has 0 aromatic rings. The highest BCUT2D eigenvalue weighted by molar-refractivity contribution is 5.78. The summed E-state index contributed by atoms with van der Waals surface area (Å²) in [5.41, 5.74) is 9.31. The minimum Gasteiger partial charge on any atom is -0.362 e.